The van der Waals surface area contributed by atoms with Gasteiger partial charge in [-0.1, -0.05) is 13.0 Å². The summed E-state index contributed by atoms with van der Waals surface area (Å²) in [5.41, 5.74) is 0. The molecule has 5 heteroatoms. The summed E-state index contributed by atoms with van der Waals surface area (Å²) < 4.78 is 0. The van der Waals surface area contributed by atoms with Gasteiger partial charge in [0.2, 0.25) is 5.91 Å². The molecule has 1 heterocycles. The van der Waals surface area contributed by atoms with E-state index in [1.807, 2.05) is 24.4 Å². The maximum atomic E-state index is 11.8. The van der Waals surface area contributed by atoms with E-state index >= 15 is 0 Å². The molecule has 17 heavy (non-hydrogen) atoms. The molecule has 1 amide bonds. The molecule has 0 bridgehead atoms. The van der Waals surface area contributed by atoms with Crippen molar-refractivity contribution in [3.8, 4) is 0 Å². The predicted molar refractivity (Wildman–Crippen MR) is 64.7 cm³/mol. The van der Waals surface area contributed by atoms with Crippen LogP contribution in [-0.4, -0.2) is 17.0 Å². The number of hydrogen-bond acceptors (Lipinski definition) is 3. The number of amides is 1. The lowest BCUT2D eigenvalue weighted by atomic mass is 10.1. The monoisotopic (exact) mass is 253 g/mol. The summed E-state index contributed by atoms with van der Waals surface area (Å²) in [6.45, 7) is 2.03. The summed E-state index contributed by atoms with van der Waals surface area (Å²) in [5.74, 6) is -0.403. The number of rotatable bonds is 5. The van der Waals surface area contributed by atoms with Crippen molar-refractivity contribution in [3.05, 3.63) is 22.4 Å². The van der Waals surface area contributed by atoms with Gasteiger partial charge in [-0.3, -0.25) is 9.59 Å². The minimum Gasteiger partial charge on any atom is -0.481 e. The van der Waals surface area contributed by atoms with Gasteiger partial charge in [-0.2, -0.15) is 0 Å². The first-order chi connectivity index (χ1) is 8.08. The fourth-order valence-electron chi connectivity index (χ4n) is 1.85. The number of nitrogens with one attached hydrogen (secondary N) is 1. The van der Waals surface area contributed by atoms with E-state index in [1.165, 1.54) is 11.3 Å². The zero-order chi connectivity index (χ0) is 12.4. The molecule has 2 rings (SSSR count). The molecule has 0 aromatic carbocycles. The molecule has 1 aromatic rings. The second kappa shape index (κ2) is 4.87. The first-order valence-corrected chi connectivity index (χ1v) is 6.51. The smallest absolute Gasteiger partial charge is 0.305 e. The van der Waals surface area contributed by atoms with E-state index in [0.29, 0.717) is 5.92 Å². The number of carbonyl (C=O) groups excluding carboxylic acids is 1. The van der Waals surface area contributed by atoms with E-state index in [9.17, 15) is 9.59 Å². The van der Waals surface area contributed by atoms with Crippen molar-refractivity contribution >= 4 is 23.2 Å². The molecule has 1 aliphatic carbocycles. The van der Waals surface area contributed by atoms with Crippen LogP contribution in [0.1, 0.15) is 30.7 Å². The van der Waals surface area contributed by atoms with E-state index in [1.54, 1.807) is 0 Å². The number of thiophene rings is 1. The molecule has 0 saturated heterocycles. The van der Waals surface area contributed by atoms with Gasteiger partial charge < -0.3 is 10.4 Å². The van der Waals surface area contributed by atoms with Gasteiger partial charge in [-0.25, -0.2) is 0 Å². The second-order valence-electron chi connectivity index (χ2n) is 4.49. The zero-order valence-corrected chi connectivity index (χ0v) is 10.4. The summed E-state index contributed by atoms with van der Waals surface area (Å²) in [4.78, 5) is 23.5. The Morgan fingerprint density at radius 2 is 2.35 bits per heavy atom. The predicted octanol–water partition coefficient (Wildman–Crippen LogP) is 2.04. The number of aliphatic carboxylic acids is 1. The van der Waals surface area contributed by atoms with Crippen LogP contribution < -0.4 is 5.32 Å². The SMILES string of the molecule is C[C@@H]1C[C@H]1C(=O)N[C@@H](CC(=O)O)c1cccs1. The normalized spacial score (nSPS) is 24.1. The van der Waals surface area contributed by atoms with Crippen LogP contribution in [0.25, 0.3) is 0 Å². The molecule has 1 fully saturated rings. The average molecular weight is 253 g/mol. The molecule has 1 saturated carbocycles. The fourth-order valence-corrected chi connectivity index (χ4v) is 2.63. The quantitative estimate of drug-likeness (QED) is 0.843. The Balaban J connectivity index is 2.00. The third-order valence-electron chi connectivity index (χ3n) is 3.03. The molecular formula is C12H15NO3S. The van der Waals surface area contributed by atoms with Crippen molar-refractivity contribution in [2.45, 2.75) is 25.8 Å². The molecule has 1 aliphatic rings. The number of carbonyl (C=O) groups is 2. The van der Waals surface area contributed by atoms with Gasteiger partial charge in [0, 0.05) is 10.8 Å². The van der Waals surface area contributed by atoms with Crippen LogP contribution in [-0.2, 0) is 9.59 Å². The zero-order valence-electron chi connectivity index (χ0n) is 9.55. The largest absolute Gasteiger partial charge is 0.481 e. The van der Waals surface area contributed by atoms with Gasteiger partial charge in [0.15, 0.2) is 0 Å². The van der Waals surface area contributed by atoms with Gasteiger partial charge in [-0.05, 0) is 23.8 Å². The molecule has 0 aliphatic heterocycles. The first kappa shape index (κ1) is 12.1. The van der Waals surface area contributed by atoms with Crippen LogP contribution >= 0.6 is 11.3 Å². The average Bonchev–Trinajstić information content (AvgIpc) is 2.80. The Morgan fingerprint density at radius 1 is 1.65 bits per heavy atom. The molecule has 0 unspecified atom stereocenters. The van der Waals surface area contributed by atoms with E-state index in [2.05, 4.69) is 5.32 Å². The molecule has 4 nitrogen and oxygen atoms in total. The third kappa shape index (κ3) is 3.06. The van der Waals surface area contributed by atoms with E-state index in [4.69, 9.17) is 5.11 Å². The Hall–Kier alpha value is -1.36. The van der Waals surface area contributed by atoms with Crippen molar-refractivity contribution in [2.24, 2.45) is 11.8 Å². The van der Waals surface area contributed by atoms with E-state index < -0.39 is 12.0 Å². The third-order valence-corrected chi connectivity index (χ3v) is 4.01. The Labute approximate surface area is 104 Å². The maximum absolute atomic E-state index is 11.8. The topological polar surface area (TPSA) is 66.4 Å². The lowest BCUT2D eigenvalue weighted by Gasteiger charge is -2.15. The van der Waals surface area contributed by atoms with Crippen molar-refractivity contribution in [1.29, 1.82) is 0 Å². The van der Waals surface area contributed by atoms with E-state index in [0.717, 1.165) is 11.3 Å². The summed E-state index contributed by atoms with van der Waals surface area (Å²) in [6, 6.07) is 3.32. The van der Waals surface area contributed by atoms with Crippen molar-refractivity contribution in [3.63, 3.8) is 0 Å². The van der Waals surface area contributed by atoms with Crippen LogP contribution in [0, 0.1) is 11.8 Å². The first-order valence-electron chi connectivity index (χ1n) is 5.63. The van der Waals surface area contributed by atoms with E-state index in [-0.39, 0.29) is 18.2 Å². The number of hydrogen-bond donors (Lipinski definition) is 2. The molecule has 3 atom stereocenters. The highest BCUT2D eigenvalue weighted by atomic mass is 32.1. The maximum Gasteiger partial charge on any atom is 0.305 e. The second-order valence-corrected chi connectivity index (χ2v) is 5.47. The van der Waals surface area contributed by atoms with Gasteiger partial charge in [0.05, 0.1) is 12.5 Å². The lowest BCUT2D eigenvalue weighted by molar-refractivity contribution is -0.137. The van der Waals surface area contributed by atoms with Gasteiger partial charge in [0.1, 0.15) is 0 Å². The molecule has 0 spiro atoms. The Bertz CT molecular complexity index is 415. The van der Waals surface area contributed by atoms with Crippen molar-refractivity contribution < 1.29 is 14.7 Å². The van der Waals surface area contributed by atoms with Crippen LogP contribution in [0.15, 0.2) is 17.5 Å². The van der Waals surface area contributed by atoms with Crippen molar-refractivity contribution in [2.75, 3.05) is 0 Å². The van der Waals surface area contributed by atoms with Gasteiger partial charge in [0.25, 0.3) is 0 Å². The summed E-state index contributed by atoms with van der Waals surface area (Å²) in [6.07, 6.45) is 0.851. The summed E-state index contributed by atoms with van der Waals surface area (Å²) >= 11 is 1.47. The minimum atomic E-state index is -0.896. The Morgan fingerprint density at radius 3 is 2.82 bits per heavy atom. The van der Waals surface area contributed by atoms with Gasteiger partial charge >= 0.3 is 5.97 Å². The fraction of sp³-hybridized carbons (Fsp3) is 0.500. The standard InChI is InChI=1S/C12H15NO3S/c1-7-5-8(7)12(16)13-9(6-11(14)15)10-3-2-4-17-10/h2-4,7-9H,5-6H2,1H3,(H,13,16)(H,14,15)/t7-,8-,9+/m1/s1. The highest BCUT2D eigenvalue weighted by Gasteiger charge is 2.40. The number of carboxylic acid groups (broad SMARTS) is 1. The minimum absolute atomic E-state index is 0.0165. The van der Waals surface area contributed by atoms with Crippen LogP contribution in [0.4, 0.5) is 0 Å². The summed E-state index contributed by atoms with van der Waals surface area (Å²) in [7, 11) is 0. The summed E-state index contributed by atoms with van der Waals surface area (Å²) in [5, 5.41) is 13.6. The highest BCUT2D eigenvalue weighted by Crippen LogP contribution is 2.38. The molecule has 92 valence electrons. The number of carboxylic acids is 1. The lowest BCUT2D eigenvalue weighted by Crippen LogP contribution is -2.31. The molecular weight excluding hydrogens is 238 g/mol. The van der Waals surface area contributed by atoms with Crippen LogP contribution in [0.2, 0.25) is 0 Å². The molecule has 2 N–H and O–H groups in total. The van der Waals surface area contributed by atoms with Crippen LogP contribution in [0.5, 0.6) is 0 Å². The van der Waals surface area contributed by atoms with Gasteiger partial charge in [-0.15, -0.1) is 11.3 Å². The van der Waals surface area contributed by atoms with Crippen molar-refractivity contribution in [1.82, 2.24) is 5.32 Å². The van der Waals surface area contributed by atoms with Crippen LogP contribution in [0.3, 0.4) is 0 Å². The Kier molecular flexibility index (Phi) is 3.47. The molecule has 0 radical (unpaired) electrons. The highest BCUT2D eigenvalue weighted by molar-refractivity contribution is 7.10. The molecule has 1 aromatic heterocycles.